The first-order chi connectivity index (χ1) is 18.3. The lowest BCUT2D eigenvalue weighted by Gasteiger charge is -2.36. The van der Waals surface area contributed by atoms with Crippen molar-refractivity contribution in [2.45, 2.75) is 20.0 Å². The molecule has 9 heteroatoms. The van der Waals surface area contributed by atoms with Gasteiger partial charge in [0.2, 0.25) is 0 Å². The van der Waals surface area contributed by atoms with E-state index in [1.165, 1.54) is 24.6 Å². The number of anilines is 1. The number of hydrogen-bond donors (Lipinski definition) is 0. The highest BCUT2D eigenvalue weighted by atomic mass is 16.5. The molecule has 198 valence electrons. The maximum absolute atomic E-state index is 12.3. The van der Waals surface area contributed by atoms with Crippen molar-refractivity contribution >= 4 is 17.4 Å². The molecule has 3 aromatic rings. The molecule has 0 bridgehead atoms. The molecule has 0 amide bonds. The average Bonchev–Trinajstić information content (AvgIpc) is 3.06. The van der Waals surface area contributed by atoms with Crippen LogP contribution in [-0.2, 0) is 25.5 Å². The van der Waals surface area contributed by atoms with Crippen LogP contribution in [0.5, 0.6) is 11.5 Å². The molecular formula is C29H32N4O5. The minimum atomic E-state index is -0.361. The van der Waals surface area contributed by atoms with Gasteiger partial charge in [0, 0.05) is 65.4 Å². The Bertz CT molecular complexity index is 1510. The van der Waals surface area contributed by atoms with Gasteiger partial charge in [-0.15, -0.1) is 0 Å². The van der Waals surface area contributed by atoms with Crippen LogP contribution in [0.3, 0.4) is 0 Å². The lowest BCUT2D eigenvalue weighted by molar-refractivity contribution is -0.131. The Hall–Kier alpha value is -4.11. The normalized spacial score (nSPS) is 16.4. The average molecular weight is 517 g/mol. The highest BCUT2D eigenvalue weighted by Crippen LogP contribution is 2.39. The van der Waals surface area contributed by atoms with E-state index in [9.17, 15) is 14.4 Å². The minimum absolute atomic E-state index is 0.290. The van der Waals surface area contributed by atoms with Gasteiger partial charge in [0.1, 0.15) is 23.9 Å². The Kier molecular flexibility index (Phi) is 7.20. The lowest BCUT2D eigenvalue weighted by atomic mass is 9.93. The number of fused-ring (bicyclic) bond motifs is 2. The smallest absolute Gasteiger partial charge is 0.332 e. The predicted octanol–water partition coefficient (Wildman–Crippen LogP) is 2.55. The summed E-state index contributed by atoms with van der Waals surface area (Å²) in [6, 6.07) is 15.2. The molecule has 2 aromatic carbocycles. The number of aromatic nitrogens is 2. The van der Waals surface area contributed by atoms with E-state index in [-0.39, 0.29) is 17.2 Å². The van der Waals surface area contributed by atoms with Crippen LogP contribution in [0.1, 0.15) is 30.0 Å². The van der Waals surface area contributed by atoms with Crippen molar-refractivity contribution in [2.24, 2.45) is 14.1 Å². The van der Waals surface area contributed by atoms with Crippen LogP contribution < -0.4 is 25.6 Å². The van der Waals surface area contributed by atoms with Gasteiger partial charge in [-0.1, -0.05) is 30.3 Å². The molecule has 5 rings (SSSR count). The molecular weight excluding hydrogens is 484 g/mol. The van der Waals surface area contributed by atoms with Gasteiger partial charge < -0.3 is 14.4 Å². The van der Waals surface area contributed by atoms with Crippen molar-refractivity contribution in [2.75, 3.05) is 37.6 Å². The molecule has 0 radical (unpaired) electrons. The zero-order valence-electron chi connectivity index (χ0n) is 22.0. The van der Waals surface area contributed by atoms with Gasteiger partial charge in [-0.2, -0.15) is 0 Å². The van der Waals surface area contributed by atoms with Gasteiger partial charge in [0.25, 0.3) is 5.56 Å². The third-order valence-electron chi connectivity index (χ3n) is 7.18. The van der Waals surface area contributed by atoms with Crippen LogP contribution in [0.4, 0.5) is 5.82 Å². The Balaban J connectivity index is 1.32. The highest BCUT2D eigenvalue weighted by molar-refractivity contribution is 5.85. The zero-order chi connectivity index (χ0) is 26.8. The molecule has 0 N–H and O–H groups in total. The van der Waals surface area contributed by atoms with E-state index in [1.54, 1.807) is 13.1 Å². The van der Waals surface area contributed by atoms with Crippen molar-refractivity contribution in [1.82, 2.24) is 14.0 Å². The summed E-state index contributed by atoms with van der Waals surface area (Å²) in [4.78, 5) is 40.5. The van der Waals surface area contributed by atoms with E-state index in [0.717, 1.165) is 71.7 Å². The van der Waals surface area contributed by atoms with E-state index in [4.69, 9.17) is 9.47 Å². The minimum Gasteiger partial charge on any atom is -0.488 e. The number of piperazine rings is 1. The number of benzene rings is 2. The second kappa shape index (κ2) is 10.7. The summed E-state index contributed by atoms with van der Waals surface area (Å²) in [6.45, 7) is 5.88. The number of hydrogen-bond acceptors (Lipinski definition) is 7. The second-order valence-electron chi connectivity index (χ2n) is 9.67. The van der Waals surface area contributed by atoms with Gasteiger partial charge >= 0.3 is 11.7 Å². The number of nitrogens with zero attached hydrogens (tertiary/aromatic N) is 4. The third kappa shape index (κ3) is 5.15. The molecule has 9 nitrogen and oxygen atoms in total. The number of esters is 1. The van der Waals surface area contributed by atoms with E-state index in [1.807, 2.05) is 24.3 Å². The molecule has 2 aliphatic heterocycles. The predicted molar refractivity (Wildman–Crippen MR) is 146 cm³/mol. The summed E-state index contributed by atoms with van der Waals surface area (Å²) in [7, 11) is 3.20. The molecule has 0 saturated carbocycles. The first-order valence-corrected chi connectivity index (χ1v) is 12.8. The highest BCUT2D eigenvalue weighted by Gasteiger charge is 2.22. The Labute approximate surface area is 221 Å². The summed E-state index contributed by atoms with van der Waals surface area (Å²) in [5.41, 5.74) is 3.59. The lowest BCUT2D eigenvalue weighted by Crippen LogP contribution is -2.49. The van der Waals surface area contributed by atoms with Crippen LogP contribution in [0.2, 0.25) is 0 Å². The van der Waals surface area contributed by atoms with Crippen molar-refractivity contribution in [3.8, 4) is 11.5 Å². The molecule has 0 spiro atoms. The fourth-order valence-corrected chi connectivity index (χ4v) is 5.12. The number of carbonyl (C=O) groups is 1. The molecule has 1 saturated heterocycles. The Morgan fingerprint density at radius 1 is 0.974 bits per heavy atom. The standard InChI is InChI=1S/C29H32N4O5/c1-20(34)38-22-10-11-26-25(17-22)24(23-8-5-4-7-21(23)19-37-26)9-6-12-32-13-15-33(16-14-32)27-18-28(35)31(3)29(36)30(27)2/h4-5,7-11,17-18H,6,12-16,19H2,1-3H3/b24-9-. The molecule has 0 unspecified atom stereocenters. The molecule has 3 heterocycles. The Morgan fingerprint density at radius 2 is 1.74 bits per heavy atom. The molecule has 1 aromatic heterocycles. The van der Waals surface area contributed by atoms with Crippen molar-refractivity contribution in [3.05, 3.63) is 92.1 Å². The maximum atomic E-state index is 12.3. The van der Waals surface area contributed by atoms with Crippen molar-refractivity contribution in [1.29, 1.82) is 0 Å². The summed E-state index contributed by atoms with van der Waals surface area (Å²) in [5, 5.41) is 0. The van der Waals surface area contributed by atoms with Gasteiger partial charge in [0.05, 0.1) is 0 Å². The third-order valence-corrected chi connectivity index (χ3v) is 7.18. The van der Waals surface area contributed by atoms with Crippen molar-refractivity contribution in [3.63, 3.8) is 0 Å². The first kappa shape index (κ1) is 25.5. The van der Waals surface area contributed by atoms with Crippen LogP contribution in [0.25, 0.3) is 5.57 Å². The number of rotatable bonds is 5. The summed E-state index contributed by atoms with van der Waals surface area (Å²) < 4.78 is 14.1. The van der Waals surface area contributed by atoms with Crippen LogP contribution >= 0.6 is 0 Å². The summed E-state index contributed by atoms with van der Waals surface area (Å²) in [6.07, 6.45) is 3.06. The molecule has 1 fully saturated rings. The maximum Gasteiger partial charge on any atom is 0.332 e. The van der Waals surface area contributed by atoms with E-state index >= 15 is 0 Å². The van der Waals surface area contributed by atoms with Gasteiger partial charge in [0.15, 0.2) is 0 Å². The van der Waals surface area contributed by atoms with Gasteiger partial charge in [-0.05, 0) is 41.3 Å². The molecule has 38 heavy (non-hydrogen) atoms. The van der Waals surface area contributed by atoms with E-state index in [0.29, 0.717) is 18.2 Å². The molecule has 0 aliphatic carbocycles. The zero-order valence-corrected chi connectivity index (χ0v) is 22.0. The number of ether oxygens (including phenoxy) is 2. The monoisotopic (exact) mass is 516 g/mol. The largest absolute Gasteiger partial charge is 0.488 e. The fourth-order valence-electron chi connectivity index (χ4n) is 5.12. The Morgan fingerprint density at radius 3 is 2.50 bits per heavy atom. The SMILES string of the molecule is CC(=O)Oc1ccc2c(c1)/C(=C\CCN1CCN(c3cc(=O)n(C)c(=O)n3C)CC1)c1ccccc1CO2. The summed E-state index contributed by atoms with van der Waals surface area (Å²) >= 11 is 0. The molecule has 2 aliphatic rings. The first-order valence-electron chi connectivity index (χ1n) is 12.8. The fraction of sp³-hybridized carbons (Fsp3) is 0.345. The topological polar surface area (TPSA) is 86.0 Å². The van der Waals surface area contributed by atoms with Crippen molar-refractivity contribution < 1.29 is 14.3 Å². The van der Waals surface area contributed by atoms with Gasteiger partial charge in [-0.3, -0.25) is 23.6 Å². The van der Waals surface area contributed by atoms with Crippen LogP contribution in [-0.4, -0.2) is 52.7 Å². The summed E-state index contributed by atoms with van der Waals surface area (Å²) in [5.74, 6) is 1.55. The van der Waals surface area contributed by atoms with E-state index in [2.05, 4.69) is 28.0 Å². The molecule has 0 atom stereocenters. The van der Waals surface area contributed by atoms with Crippen LogP contribution in [0.15, 0.2) is 64.2 Å². The quantitative estimate of drug-likeness (QED) is 0.381. The van der Waals surface area contributed by atoms with Gasteiger partial charge in [-0.25, -0.2) is 4.79 Å². The van der Waals surface area contributed by atoms with Crippen LogP contribution in [0, 0.1) is 0 Å². The number of carbonyl (C=O) groups excluding carboxylic acids is 1. The van der Waals surface area contributed by atoms with E-state index < -0.39 is 0 Å². The second-order valence-corrected chi connectivity index (χ2v) is 9.67.